The van der Waals surface area contributed by atoms with Crippen molar-refractivity contribution in [1.29, 1.82) is 0 Å². The topological polar surface area (TPSA) is 72.3 Å². The molecule has 15 heavy (non-hydrogen) atoms. The fourth-order valence-electron chi connectivity index (χ4n) is 1.69. The standard InChI is InChI=1S/C11H12N2O2/c1-6-3-7(2)11(9(14)4-6)8-5-10(12)15-13-8/h3-5,14H,12H2,1-2H3. The number of benzene rings is 1. The predicted octanol–water partition coefficient (Wildman–Crippen LogP) is 2.25. The average Bonchev–Trinajstić information content (AvgIpc) is 2.49. The fraction of sp³-hybridized carbons (Fsp3) is 0.182. The molecule has 3 N–H and O–H groups in total. The summed E-state index contributed by atoms with van der Waals surface area (Å²) >= 11 is 0. The molecule has 0 fully saturated rings. The normalized spacial score (nSPS) is 10.5. The monoisotopic (exact) mass is 204 g/mol. The Bertz CT molecular complexity index is 480. The third-order valence-corrected chi connectivity index (χ3v) is 2.24. The summed E-state index contributed by atoms with van der Waals surface area (Å²) in [7, 11) is 0. The van der Waals surface area contributed by atoms with Crippen LogP contribution in [-0.4, -0.2) is 10.3 Å². The molecule has 0 atom stereocenters. The summed E-state index contributed by atoms with van der Waals surface area (Å²) in [5, 5.41) is 13.6. The maximum Gasteiger partial charge on any atom is 0.222 e. The van der Waals surface area contributed by atoms with Gasteiger partial charge in [0.05, 0.1) is 0 Å². The van der Waals surface area contributed by atoms with Crippen molar-refractivity contribution in [1.82, 2.24) is 5.16 Å². The number of hydrogen-bond donors (Lipinski definition) is 2. The van der Waals surface area contributed by atoms with Crippen LogP contribution >= 0.6 is 0 Å². The Morgan fingerprint density at radius 1 is 1.27 bits per heavy atom. The highest BCUT2D eigenvalue weighted by atomic mass is 16.5. The van der Waals surface area contributed by atoms with E-state index in [1.807, 2.05) is 19.9 Å². The van der Waals surface area contributed by atoms with E-state index in [2.05, 4.69) is 5.16 Å². The lowest BCUT2D eigenvalue weighted by molar-refractivity contribution is 0.437. The van der Waals surface area contributed by atoms with E-state index >= 15 is 0 Å². The zero-order valence-electron chi connectivity index (χ0n) is 8.61. The lowest BCUT2D eigenvalue weighted by Gasteiger charge is -2.06. The predicted molar refractivity (Wildman–Crippen MR) is 57.5 cm³/mol. The van der Waals surface area contributed by atoms with Crippen LogP contribution in [0.5, 0.6) is 5.75 Å². The van der Waals surface area contributed by atoms with Crippen molar-refractivity contribution < 1.29 is 9.63 Å². The van der Waals surface area contributed by atoms with E-state index in [9.17, 15) is 5.11 Å². The van der Waals surface area contributed by atoms with Gasteiger partial charge in [-0.15, -0.1) is 0 Å². The van der Waals surface area contributed by atoms with Crippen molar-refractivity contribution in [2.45, 2.75) is 13.8 Å². The van der Waals surface area contributed by atoms with E-state index in [4.69, 9.17) is 10.3 Å². The second-order valence-corrected chi connectivity index (χ2v) is 3.59. The van der Waals surface area contributed by atoms with Crippen molar-refractivity contribution >= 4 is 5.88 Å². The third kappa shape index (κ3) is 1.66. The molecule has 2 rings (SSSR count). The molecule has 78 valence electrons. The Kier molecular flexibility index (Phi) is 2.11. The van der Waals surface area contributed by atoms with Crippen molar-refractivity contribution in [3.63, 3.8) is 0 Å². The maximum absolute atomic E-state index is 9.81. The Balaban J connectivity index is 2.62. The fourth-order valence-corrected chi connectivity index (χ4v) is 1.69. The molecule has 1 heterocycles. The number of aromatic nitrogens is 1. The van der Waals surface area contributed by atoms with Crippen LogP contribution in [0.1, 0.15) is 11.1 Å². The van der Waals surface area contributed by atoms with Gasteiger partial charge in [-0.1, -0.05) is 11.2 Å². The molecule has 0 radical (unpaired) electrons. The molecule has 0 spiro atoms. The van der Waals surface area contributed by atoms with Crippen molar-refractivity contribution in [3.8, 4) is 17.0 Å². The lowest BCUT2D eigenvalue weighted by atomic mass is 10.0. The van der Waals surface area contributed by atoms with Gasteiger partial charge in [0.15, 0.2) is 0 Å². The summed E-state index contributed by atoms with van der Waals surface area (Å²) in [5.41, 5.74) is 8.61. The molecule has 0 aliphatic carbocycles. The first-order valence-corrected chi connectivity index (χ1v) is 4.60. The largest absolute Gasteiger partial charge is 0.507 e. The van der Waals surface area contributed by atoms with E-state index in [0.717, 1.165) is 11.1 Å². The van der Waals surface area contributed by atoms with Crippen LogP contribution in [0, 0.1) is 13.8 Å². The molecule has 0 aliphatic rings. The molecule has 4 nitrogen and oxygen atoms in total. The van der Waals surface area contributed by atoms with Gasteiger partial charge in [0.1, 0.15) is 11.4 Å². The van der Waals surface area contributed by atoms with Crippen molar-refractivity contribution in [2.24, 2.45) is 0 Å². The Labute approximate surface area is 87.3 Å². The second-order valence-electron chi connectivity index (χ2n) is 3.59. The summed E-state index contributed by atoms with van der Waals surface area (Å²) < 4.78 is 4.78. The van der Waals surface area contributed by atoms with E-state index in [1.165, 1.54) is 0 Å². The molecule has 0 saturated heterocycles. The van der Waals surface area contributed by atoms with Gasteiger partial charge in [0.25, 0.3) is 0 Å². The van der Waals surface area contributed by atoms with Crippen molar-refractivity contribution in [3.05, 3.63) is 29.3 Å². The lowest BCUT2D eigenvalue weighted by Crippen LogP contribution is -1.86. The van der Waals surface area contributed by atoms with Crippen LogP contribution in [0.2, 0.25) is 0 Å². The quantitative estimate of drug-likeness (QED) is 0.747. The van der Waals surface area contributed by atoms with Gasteiger partial charge in [0.2, 0.25) is 5.88 Å². The first-order valence-electron chi connectivity index (χ1n) is 4.60. The van der Waals surface area contributed by atoms with Crippen LogP contribution in [0.25, 0.3) is 11.3 Å². The van der Waals surface area contributed by atoms with E-state index < -0.39 is 0 Å². The Morgan fingerprint density at radius 2 is 2.00 bits per heavy atom. The summed E-state index contributed by atoms with van der Waals surface area (Å²) in [5.74, 6) is 0.435. The summed E-state index contributed by atoms with van der Waals surface area (Å²) in [6.07, 6.45) is 0. The van der Waals surface area contributed by atoms with E-state index in [0.29, 0.717) is 11.3 Å². The van der Waals surface area contributed by atoms with Crippen LogP contribution in [0.15, 0.2) is 22.7 Å². The average molecular weight is 204 g/mol. The van der Waals surface area contributed by atoms with Crippen LogP contribution in [0.3, 0.4) is 0 Å². The minimum absolute atomic E-state index is 0.195. The highest BCUT2D eigenvalue weighted by molar-refractivity contribution is 5.72. The first kappa shape index (κ1) is 9.58. The number of rotatable bonds is 1. The van der Waals surface area contributed by atoms with Gasteiger partial charge in [0, 0.05) is 11.6 Å². The molecule has 0 aliphatic heterocycles. The van der Waals surface area contributed by atoms with Crippen LogP contribution in [0.4, 0.5) is 5.88 Å². The zero-order chi connectivity index (χ0) is 11.0. The molecule has 1 aromatic carbocycles. The number of nitrogens with two attached hydrogens (primary N) is 1. The van der Waals surface area contributed by atoms with Gasteiger partial charge in [-0.3, -0.25) is 0 Å². The number of aryl methyl sites for hydroxylation is 2. The SMILES string of the molecule is Cc1cc(C)c(-c2cc(N)on2)c(O)c1. The highest BCUT2D eigenvalue weighted by Gasteiger charge is 2.12. The van der Waals surface area contributed by atoms with Gasteiger partial charge < -0.3 is 15.4 Å². The number of anilines is 1. The van der Waals surface area contributed by atoms with Gasteiger partial charge >= 0.3 is 0 Å². The van der Waals surface area contributed by atoms with Gasteiger partial charge in [-0.05, 0) is 31.0 Å². The minimum Gasteiger partial charge on any atom is -0.507 e. The molecular formula is C11H12N2O2. The summed E-state index contributed by atoms with van der Waals surface area (Å²) in [4.78, 5) is 0. The molecule has 0 bridgehead atoms. The number of phenolic OH excluding ortho intramolecular Hbond substituents is 1. The highest BCUT2D eigenvalue weighted by Crippen LogP contribution is 2.33. The molecule has 0 unspecified atom stereocenters. The number of nitrogens with zero attached hydrogens (tertiary/aromatic N) is 1. The number of phenols is 1. The van der Waals surface area contributed by atoms with Crippen LogP contribution in [-0.2, 0) is 0 Å². The molecule has 0 amide bonds. The smallest absolute Gasteiger partial charge is 0.222 e. The third-order valence-electron chi connectivity index (χ3n) is 2.24. The van der Waals surface area contributed by atoms with Gasteiger partial charge in [-0.25, -0.2) is 0 Å². The van der Waals surface area contributed by atoms with E-state index in [1.54, 1.807) is 12.1 Å². The number of nitrogen functional groups attached to an aromatic ring is 1. The molecule has 4 heteroatoms. The molecule has 0 saturated carbocycles. The zero-order valence-corrected chi connectivity index (χ0v) is 8.61. The Morgan fingerprint density at radius 3 is 2.53 bits per heavy atom. The van der Waals surface area contributed by atoms with Crippen LogP contribution < -0.4 is 5.73 Å². The summed E-state index contributed by atoms with van der Waals surface area (Å²) in [6.45, 7) is 3.83. The van der Waals surface area contributed by atoms with Crippen molar-refractivity contribution in [2.75, 3.05) is 5.73 Å². The van der Waals surface area contributed by atoms with E-state index in [-0.39, 0.29) is 11.6 Å². The van der Waals surface area contributed by atoms with Gasteiger partial charge in [-0.2, -0.15) is 0 Å². The molecule has 2 aromatic rings. The summed E-state index contributed by atoms with van der Waals surface area (Å²) in [6, 6.07) is 5.25. The molecular weight excluding hydrogens is 192 g/mol. The molecule has 1 aromatic heterocycles. The number of aromatic hydroxyl groups is 1. The minimum atomic E-state index is 0.195. The Hall–Kier alpha value is -1.97. The second kappa shape index (κ2) is 3.31. The first-order chi connectivity index (χ1) is 7.08. The number of hydrogen-bond acceptors (Lipinski definition) is 4. The maximum atomic E-state index is 9.81.